The van der Waals surface area contributed by atoms with Crippen molar-refractivity contribution in [3.05, 3.63) is 132 Å². The number of para-hydroxylation sites is 1. The topological polar surface area (TPSA) is 12.4 Å². The lowest BCUT2D eigenvalue weighted by atomic mass is 9.91. The average molecular weight is 333 g/mol. The fraction of sp³-hybridized carbons (Fsp3) is 0. The van der Waals surface area contributed by atoms with Crippen molar-refractivity contribution < 1.29 is 0 Å². The monoisotopic (exact) mass is 333 g/mol. The van der Waals surface area contributed by atoms with Crippen LogP contribution in [0.15, 0.2) is 126 Å². The predicted molar refractivity (Wildman–Crippen MR) is 111 cm³/mol. The van der Waals surface area contributed by atoms with Crippen molar-refractivity contribution >= 4 is 17.0 Å². The molecule has 0 heterocycles. The van der Waals surface area contributed by atoms with Gasteiger partial charge in [-0.3, -0.25) is 0 Å². The van der Waals surface area contributed by atoms with Crippen LogP contribution in [0.3, 0.4) is 0 Å². The normalized spacial score (nSPS) is 12.9. The SMILES string of the molecule is C1=CC(=C(c2ccccc2)c2ccccc2)C=CC1=Nc1ccccc1. The Kier molecular flexibility index (Phi) is 4.70. The number of allylic oxidation sites excluding steroid dienone is 5. The number of aliphatic imine (C=N–C) groups is 1. The summed E-state index contributed by atoms with van der Waals surface area (Å²) in [6, 6.07) is 31.1. The summed E-state index contributed by atoms with van der Waals surface area (Å²) in [6.45, 7) is 0. The summed E-state index contributed by atoms with van der Waals surface area (Å²) in [4.78, 5) is 4.68. The van der Waals surface area contributed by atoms with Crippen LogP contribution in [0.25, 0.3) is 5.57 Å². The van der Waals surface area contributed by atoms with E-state index in [0.717, 1.165) is 11.4 Å². The third kappa shape index (κ3) is 3.62. The summed E-state index contributed by atoms with van der Waals surface area (Å²) in [5.41, 5.74) is 6.78. The minimum atomic E-state index is 0.959. The van der Waals surface area contributed by atoms with Gasteiger partial charge in [-0.15, -0.1) is 0 Å². The van der Waals surface area contributed by atoms with Gasteiger partial charge in [0.2, 0.25) is 0 Å². The van der Waals surface area contributed by atoms with Crippen molar-refractivity contribution in [1.82, 2.24) is 0 Å². The predicted octanol–water partition coefficient (Wildman–Crippen LogP) is 6.39. The Morgan fingerprint density at radius 2 is 0.962 bits per heavy atom. The van der Waals surface area contributed by atoms with Gasteiger partial charge in [0.25, 0.3) is 0 Å². The van der Waals surface area contributed by atoms with Crippen LogP contribution in [-0.2, 0) is 0 Å². The third-order valence-electron chi connectivity index (χ3n) is 4.30. The molecule has 0 spiro atoms. The molecule has 0 atom stereocenters. The molecule has 3 aromatic rings. The summed E-state index contributed by atoms with van der Waals surface area (Å²) >= 11 is 0. The van der Waals surface area contributed by atoms with Gasteiger partial charge in [-0.25, -0.2) is 4.99 Å². The van der Waals surface area contributed by atoms with Gasteiger partial charge in [-0.05, 0) is 46.6 Å². The van der Waals surface area contributed by atoms with Crippen molar-refractivity contribution in [2.24, 2.45) is 4.99 Å². The number of hydrogen-bond acceptors (Lipinski definition) is 1. The molecule has 0 saturated heterocycles. The van der Waals surface area contributed by atoms with Crippen LogP contribution >= 0.6 is 0 Å². The summed E-state index contributed by atoms with van der Waals surface area (Å²) < 4.78 is 0. The van der Waals surface area contributed by atoms with E-state index in [0.29, 0.717) is 0 Å². The second kappa shape index (κ2) is 7.62. The fourth-order valence-corrected chi connectivity index (χ4v) is 3.06. The summed E-state index contributed by atoms with van der Waals surface area (Å²) in [6.07, 6.45) is 8.45. The van der Waals surface area contributed by atoms with E-state index in [9.17, 15) is 0 Å². The zero-order valence-corrected chi connectivity index (χ0v) is 14.4. The van der Waals surface area contributed by atoms with Crippen molar-refractivity contribution in [1.29, 1.82) is 0 Å². The Morgan fingerprint density at radius 3 is 1.46 bits per heavy atom. The lowest BCUT2D eigenvalue weighted by molar-refractivity contribution is 1.49. The molecule has 0 unspecified atom stereocenters. The van der Waals surface area contributed by atoms with Crippen LogP contribution in [0, 0.1) is 0 Å². The number of benzene rings is 3. The summed E-state index contributed by atoms with van der Waals surface area (Å²) in [5.74, 6) is 0. The molecule has 1 aliphatic rings. The maximum Gasteiger partial charge on any atom is 0.0637 e. The largest absolute Gasteiger partial charge is 0.249 e. The molecule has 1 aliphatic carbocycles. The second-order valence-electron chi connectivity index (χ2n) is 6.10. The Balaban J connectivity index is 1.75. The zero-order chi connectivity index (χ0) is 17.6. The molecule has 3 aromatic carbocycles. The first kappa shape index (κ1) is 16.0. The Labute approximate surface area is 154 Å². The molecule has 124 valence electrons. The molecule has 0 saturated carbocycles. The van der Waals surface area contributed by atoms with E-state index in [1.807, 2.05) is 42.5 Å². The molecule has 0 bridgehead atoms. The molecular weight excluding hydrogens is 314 g/mol. The standard InChI is InChI=1S/C25H19N/c1-4-10-20(11-5-1)25(21-12-6-2-7-13-21)22-16-18-24(19-17-22)26-23-14-8-3-9-15-23/h1-19H. The van der Waals surface area contributed by atoms with Crippen LogP contribution in [0.5, 0.6) is 0 Å². The van der Waals surface area contributed by atoms with Crippen LogP contribution in [0.4, 0.5) is 5.69 Å². The molecule has 0 fully saturated rings. The highest BCUT2D eigenvalue weighted by atomic mass is 14.7. The van der Waals surface area contributed by atoms with Gasteiger partial charge in [0.1, 0.15) is 0 Å². The van der Waals surface area contributed by atoms with E-state index in [4.69, 9.17) is 0 Å². The fourth-order valence-electron chi connectivity index (χ4n) is 3.06. The minimum absolute atomic E-state index is 0.959. The lowest BCUT2D eigenvalue weighted by Gasteiger charge is -2.14. The van der Waals surface area contributed by atoms with E-state index in [1.54, 1.807) is 0 Å². The molecule has 0 N–H and O–H groups in total. The van der Waals surface area contributed by atoms with Crippen molar-refractivity contribution in [3.8, 4) is 0 Å². The molecule has 1 nitrogen and oxygen atoms in total. The molecule has 0 aliphatic heterocycles. The summed E-state index contributed by atoms with van der Waals surface area (Å²) in [7, 11) is 0. The Hall–Kier alpha value is -3.45. The smallest absolute Gasteiger partial charge is 0.0637 e. The second-order valence-corrected chi connectivity index (χ2v) is 6.10. The van der Waals surface area contributed by atoms with Crippen LogP contribution in [0.1, 0.15) is 11.1 Å². The lowest BCUT2D eigenvalue weighted by Crippen LogP contribution is -1.97. The molecule has 4 rings (SSSR count). The number of nitrogens with zero attached hydrogens (tertiary/aromatic N) is 1. The summed E-state index contributed by atoms with van der Waals surface area (Å²) in [5, 5.41) is 0. The minimum Gasteiger partial charge on any atom is -0.249 e. The van der Waals surface area contributed by atoms with Gasteiger partial charge in [0.05, 0.1) is 11.4 Å². The first-order valence-corrected chi connectivity index (χ1v) is 8.75. The first-order valence-electron chi connectivity index (χ1n) is 8.75. The maximum atomic E-state index is 4.68. The van der Waals surface area contributed by atoms with Gasteiger partial charge >= 0.3 is 0 Å². The van der Waals surface area contributed by atoms with E-state index >= 15 is 0 Å². The van der Waals surface area contributed by atoms with Crippen LogP contribution < -0.4 is 0 Å². The highest BCUT2D eigenvalue weighted by Crippen LogP contribution is 2.29. The highest BCUT2D eigenvalue weighted by Gasteiger charge is 2.10. The number of hydrogen-bond donors (Lipinski definition) is 0. The number of rotatable bonds is 3. The van der Waals surface area contributed by atoms with Gasteiger partial charge in [0.15, 0.2) is 0 Å². The Morgan fingerprint density at radius 1 is 0.500 bits per heavy atom. The molecule has 0 amide bonds. The molecule has 1 heteroatoms. The highest BCUT2D eigenvalue weighted by molar-refractivity contribution is 6.08. The van der Waals surface area contributed by atoms with Crippen molar-refractivity contribution in [2.75, 3.05) is 0 Å². The van der Waals surface area contributed by atoms with Crippen molar-refractivity contribution in [2.45, 2.75) is 0 Å². The van der Waals surface area contributed by atoms with Gasteiger partial charge < -0.3 is 0 Å². The van der Waals surface area contributed by atoms with Crippen molar-refractivity contribution in [3.63, 3.8) is 0 Å². The zero-order valence-electron chi connectivity index (χ0n) is 14.4. The first-order chi connectivity index (χ1) is 12.9. The third-order valence-corrected chi connectivity index (χ3v) is 4.30. The van der Waals surface area contributed by atoms with E-state index < -0.39 is 0 Å². The van der Waals surface area contributed by atoms with Gasteiger partial charge in [-0.1, -0.05) is 91.0 Å². The average Bonchev–Trinajstić information content (AvgIpc) is 2.72. The molecule has 0 aromatic heterocycles. The molecule has 0 radical (unpaired) electrons. The van der Waals surface area contributed by atoms with E-state index in [2.05, 4.69) is 77.8 Å². The molecular formula is C25H19N. The quantitative estimate of drug-likeness (QED) is 0.527. The molecule has 26 heavy (non-hydrogen) atoms. The van der Waals surface area contributed by atoms with Gasteiger partial charge in [0, 0.05) is 0 Å². The maximum absolute atomic E-state index is 4.68. The van der Waals surface area contributed by atoms with Crippen LogP contribution in [-0.4, -0.2) is 5.71 Å². The van der Waals surface area contributed by atoms with E-state index in [1.165, 1.54) is 22.3 Å². The Bertz CT molecular complexity index is 932. The van der Waals surface area contributed by atoms with Crippen LogP contribution in [0.2, 0.25) is 0 Å². The van der Waals surface area contributed by atoms with Gasteiger partial charge in [-0.2, -0.15) is 0 Å². The van der Waals surface area contributed by atoms with E-state index in [-0.39, 0.29) is 0 Å².